The van der Waals surface area contributed by atoms with Crippen molar-refractivity contribution >= 4 is 0 Å². The molecule has 0 saturated heterocycles. The highest BCUT2D eigenvalue weighted by molar-refractivity contribution is 5.30. The van der Waals surface area contributed by atoms with Crippen LogP contribution in [0, 0.1) is 11.3 Å². The smallest absolute Gasteiger partial charge is 0.0794 e. The second-order valence-electron chi connectivity index (χ2n) is 4.72. The van der Waals surface area contributed by atoms with Crippen LogP contribution in [-0.4, -0.2) is 25.5 Å². The van der Waals surface area contributed by atoms with Crippen LogP contribution in [0.4, 0.5) is 0 Å². The van der Waals surface area contributed by atoms with E-state index in [4.69, 9.17) is 0 Å². The Kier molecular flexibility index (Phi) is 4.52. The number of rotatable bonds is 5. The molecule has 0 fully saturated rings. The van der Waals surface area contributed by atoms with Gasteiger partial charge in [0.2, 0.25) is 0 Å². The fourth-order valence-electron chi connectivity index (χ4n) is 1.82. The zero-order valence-electron chi connectivity index (χ0n) is 10.4. The summed E-state index contributed by atoms with van der Waals surface area (Å²) in [4.78, 5) is 2.16. The molecule has 0 aromatic heterocycles. The Morgan fingerprint density at radius 3 is 2.38 bits per heavy atom. The fourth-order valence-corrected chi connectivity index (χ4v) is 1.82. The molecular formula is C14H20N2. The van der Waals surface area contributed by atoms with Crippen molar-refractivity contribution < 1.29 is 0 Å². The summed E-state index contributed by atoms with van der Waals surface area (Å²) >= 11 is 0. The SMILES string of the molecule is CN(C)CCCC(C)(C#N)c1ccccc1. The van der Waals surface area contributed by atoms with Gasteiger partial charge in [0.05, 0.1) is 11.5 Å². The normalized spacial score (nSPS) is 14.4. The third kappa shape index (κ3) is 3.36. The highest BCUT2D eigenvalue weighted by atomic mass is 15.0. The lowest BCUT2D eigenvalue weighted by atomic mass is 9.80. The van der Waals surface area contributed by atoms with E-state index in [2.05, 4.69) is 25.1 Å². The van der Waals surface area contributed by atoms with E-state index < -0.39 is 0 Å². The molecule has 1 aromatic carbocycles. The van der Waals surface area contributed by atoms with Gasteiger partial charge in [-0.25, -0.2) is 0 Å². The standard InChI is InChI=1S/C14H20N2/c1-14(12-15,10-7-11-16(2)3)13-8-5-4-6-9-13/h4-6,8-9H,7,10-11H2,1-3H3. The Morgan fingerprint density at radius 2 is 1.88 bits per heavy atom. The van der Waals surface area contributed by atoms with Gasteiger partial charge in [0, 0.05) is 0 Å². The average molecular weight is 216 g/mol. The lowest BCUT2D eigenvalue weighted by Crippen LogP contribution is -2.22. The summed E-state index contributed by atoms with van der Waals surface area (Å²) in [5, 5.41) is 9.34. The van der Waals surface area contributed by atoms with E-state index in [9.17, 15) is 5.26 Å². The highest BCUT2D eigenvalue weighted by Crippen LogP contribution is 2.27. The summed E-state index contributed by atoms with van der Waals surface area (Å²) in [5.74, 6) is 0. The molecule has 16 heavy (non-hydrogen) atoms. The topological polar surface area (TPSA) is 27.0 Å². The van der Waals surface area contributed by atoms with Crippen molar-refractivity contribution in [2.24, 2.45) is 0 Å². The van der Waals surface area contributed by atoms with E-state index in [1.165, 1.54) is 0 Å². The van der Waals surface area contributed by atoms with E-state index in [0.29, 0.717) is 0 Å². The molecule has 1 rings (SSSR count). The van der Waals surface area contributed by atoms with Crippen LogP contribution in [0.5, 0.6) is 0 Å². The van der Waals surface area contributed by atoms with Crippen molar-refractivity contribution in [3.8, 4) is 6.07 Å². The van der Waals surface area contributed by atoms with E-state index >= 15 is 0 Å². The molecule has 0 aliphatic carbocycles. The quantitative estimate of drug-likeness (QED) is 0.756. The van der Waals surface area contributed by atoms with Gasteiger partial charge >= 0.3 is 0 Å². The second kappa shape index (κ2) is 5.67. The van der Waals surface area contributed by atoms with Crippen molar-refractivity contribution in [2.75, 3.05) is 20.6 Å². The molecular weight excluding hydrogens is 196 g/mol. The van der Waals surface area contributed by atoms with Crippen LogP contribution in [0.2, 0.25) is 0 Å². The lowest BCUT2D eigenvalue weighted by molar-refractivity contribution is 0.374. The highest BCUT2D eigenvalue weighted by Gasteiger charge is 2.25. The zero-order chi connectivity index (χ0) is 12.0. The number of nitriles is 1. The first kappa shape index (κ1) is 12.7. The van der Waals surface area contributed by atoms with Crippen LogP contribution >= 0.6 is 0 Å². The average Bonchev–Trinajstić information content (AvgIpc) is 2.29. The first-order valence-electron chi connectivity index (χ1n) is 5.70. The number of nitrogens with zero attached hydrogens (tertiary/aromatic N) is 2. The fraction of sp³-hybridized carbons (Fsp3) is 0.500. The molecule has 0 radical (unpaired) electrons. The van der Waals surface area contributed by atoms with Crippen molar-refractivity contribution in [1.82, 2.24) is 4.90 Å². The van der Waals surface area contributed by atoms with Gasteiger partial charge in [-0.15, -0.1) is 0 Å². The third-order valence-corrected chi connectivity index (χ3v) is 2.94. The minimum atomic E-state index is -0.350. The minimum Gasteiger partial charge on any atom is -0.309 e. The number of hydrogen-bond donors (Lipinski definition) is 0. The first-order chi connectivity index (χ1) is 7.58. The van der Waals surface area contributed by atoms with E-state index in [0.717, 1.165) is 24.9 Å². The molecule has 1 atom stereocenters. The molecule has 86 valence electrons. The number of benzene rings is 1. The van der Waals surface area contributed by atoms with Gasteiger partial charge in [-0.3, -0.25) is 0 Å². The largest absolute Gasteiger partial charge is 0.309 e. The second-order valence-corrected chi connectivity index (χ2v) is 4.72. The Hall–Kier alpha value is -1.33. The van der Waals surface area contributed by atoms with E-state index in [1.807, 2.05) is 37.3 Å². The maximum Gasteiger partial charge on any atom is 0.0794 e. The Balaban J connectivity index is 2.68. The van der Waals surface area contributed by atoms with Crippen LogP contribution in [0.15, 0.2) is 30.3 Å². The molecule has 0 N–H and O–H groups in total. The zero-order valence-corrected chi connectivity index (χ0v) is 10.4. The maximum absolute atomic E-state index is 9.34. The van der Waals surface area contributed by atoms with Crippen molar-refractivity contribution in [1.29, 1.82) is 5.26 Å². The van der Waals surface area contributed by atoms with Gasteiger partial charge in [0.1, 0.15) is 0 Å². The predicted molar refractivity (Wildman–Crippen MR) is 67.2 cm³/mol. The molecule has 0 spiro atoms. The van der Waals surface area contributed by atoms with E-state index in [-0.39, 0.29) is 5.41 Å². The molecule has 0 saturated carbocycles. The molecule has 0 bridgehead atoms. The van der Waals surface area contributed by atoms with Gasteiger partial charge in [-0.1, -0.05) is 30.3 Å². The molecule has 0 heterocycles. The molecule has 1 unspecified atom stereocenters. The molecule has 0 aliphatic rings. The van der Waals surface area contributed by atoms with Crippen molar-refractivity contribution in [3.63, 3.8) is 0 Å². The molecule has 0 aliphatic heterocycles. The third-order valence-electron chi connectivity index (χ3n) is 2.94. The Morgan fingerprint density at radius 1 is 1.25 bits per heavy atom. The molecule has 2 heteroatoms. The van der Waals surface area contributed by atoms with Crippen LogP contribution in [0.1, 0.15) is 25.3 Å². The summed E-state index contributed by atoms with van der Waals surface area (Å²) in [6, 6.07) is 12.5. The van der Waals surface area contributed by atoms with Crippen LogP contribution in [0.25, 0.3) is 0 Å². The summed E-state index contributed by atoms with van der Waals surface area (Å²) in [7, 11) is 4.12. The van der Waals surface area contributed by atoms with Gasteiger partial charge < -0.3 is 4.90 Å². The van der Waals surface area contributed by atoms with E-state index in [1.54, 1.807) is 0 Å². The Bertz CT molecular complexity index is 351. The van der Waals surface area contributed by atoms with Crippen LogP contribution in [0.3, 0.4) is 0 Å². The van der Waals surface area contributed by atoms with Crippen molar-refractivity contribution in [3.05, 3.63) is 35.9 Å². The minimum absolute atomic E-state index is 0.350. The number of hydrogen-bond acceptors (Lipinski definition) is 2. The summed E-state index contributed by atoms with van der Waals surface area (Å²) < 4.78 is 0. The summed E-state index contributed by atoms with van der Waals surface area (Å²) in [5.41, 5.74) is 0.772. The van der Waals surface area contributed by atoms with Crippen LogP contribution in [-0.2, 0) is 5.41 Å². The molecule has 1 aromatic rings. The monoisotopic (exact) mass is 216 g/mol. The van der Waals surface area contributed by atoms with Gasteiger partial charge in [0.15, 0.2) is 0 Å². The van der Waals surface area contributed by atoms with Gasteiger partial charge in [-0.2, -0.15) is 5.26 Å². The maximum atomic E-state index is 9.34. The summed E-state index contributed by atoms with van der Waals surface area (Å²) in [6.45, 7) is 3.06. The van der Waals surface area contributed by atoms with Crippen molar-refractivity contribution in [2.45, 2.75) is 25.2 Å². The van der Waals surface area contributed by atoms with Gasteiger partial charge in [-0.05, 0) is 46.0 Å². The Labute approximate surface area is 98.5 Å². The van der Waals surface area contributed by atoms with Crippen LogP contribution < -0.4 is 0 Å². The summed E-state index contributed by atoms with van der Waals surface area (Å²) in [6.07, 6.45) is 1.96. The first-order valence-corrected chi connectivity index (χ1v) is 5.70. The van der Waals surface area contributed by atoms with Gasteiger partial charge in [0.25, 0.3) is 0 Å². The predicted octanol–water partition coefficient (Wildman–Crippen LogP) is 2.81. The molecule has 2 nitrogen and oxygen atoms in total. The lowest BCUT2D eigenvalue weighted by Gasteiger charge is -2.22. The molecule has 0 amide bonds.